The summed E-state index contributed by atoms with van der Waals surface area (Å²) in [5.74, 6) is 1.32. The second kappa shape index (κ2) is 4.44. The molecule has 1 aliphatic rings. The fraction of sp³-hybridized carbons (Fsp3) is 0.727. The van der Waals surface area contributed by atoms with Gasteiger partial charge in [-0.25, -0.2) is 0 Å². The molecule has 0 unspecified atom stereocenters. The van der Waals surface area contributed by atoms with Gasteiger partial charge in [-0.2, -0.15) is 0 Å². The van der Waals surface area contributed by atoms with Crippen molar-refractivity contribution in [2.45, 2.75) is 39.5 Å². The largest absolute Gasteiger partial charge is 0.303 e. The Bertz CT molecular complexity index is 181. The Morgan fingerprint density at radius 3 is 3.00 bits per heavy atom. The van der Waals surface area contributed by atoms with E-state index in [-0.39, 0.29) is 0 Å². The first-order valence-corrected chi connectivity index (χ1v) is 4.83. The molecule has 0 N–H and O–H groups in total. The molecule has 0 amide bonds. The third kappa shape index (κ3) is 2.47. The Morgan fingerprint density at radius 2 is 2.50 bits per heavy atom. The minimum atomic E-state index is 0.576. The van der Waals surface area contributed by atoms with Gasteiger partial charge in [0.2, 0.25) is 0 Å². The summed E-state index contributed by atoms with van der Waals surface area (Å²) in [7, 11) is 0. The second-order valence-corrected chi connectivity index (χ2v) is 3.96. The van der Waals surface area contributed by atoms with E-state index in [0.29, 0.717) is 5.92 Å². The number of hydrogen-bond donors (Lipinski definition) is 0. The van der Waals surface area contributed by atoms with E-state index in [0.717, 1.165) is 18.6 Å². The molecule has 1 heteroatoms. The van der Waals surface area contributed by atoms with Crippen LogP contribution in [0.25, 0.3) is 0 Å². The van der Waals surface area contributed by atoms with Crippen LogP contribution in [0.2, 0.25) is 0 Å². The lowest BCUT2D eigenvalue weighted by Gasteiger charge is -2.25. The molecule has 0 aromatic rings. The van der Waals surface area contributed by atoms with Gasteiger partial charge < -0.3 is 4.79 Å². The average Bonchev–Trinajstić information content (AvgIpc) is 2.06. The summed E-state index contributed by atoms with van der Waals surface area (Å²) in [5, 5.41) is 0. The molecule has 1 rings (SSSR count). The van der Waals surface area contributed by atoms with Crippen molar-refractivity contribution in [3.05, 3.63) is 11.6 Å². The number of aldehydes is 1. The maximum atomic E-state index is 10.3. The van der Waals surface area contributed by atoms with Crippen molar-refractivity contribution >= 4 is 6.29 Å². The SMILES string of the molecule is CC1=CC[C@@H]([C@H](C)CC=O)CC1. The van der Waals surface area contributed by atoms with Gasteiger partial charge in [-0.05, 0) is 38.0 Å². The maximum Gasteiger partial charge on any atom is 0.120 e. The van der Waals surface area contributed by atoms with Crippen LogP contribution in [0.1, 0.15) is 39.5 Å². The summed E-state index contributed by atoms with van der Waals surface area (Å²) in [6, 6.07) is 0. The molecular formula is C11H18O. The molecule has 0 bridgehead atoms. The van der Waals surface area contributed by atoms with Crippen molar-refractivity contribution in [2.24, 2.45) is 11.8 Å². The van der Waals surface area contributed by atoms with Gasteiger partial charge in [0.1, 0.15) is 6.29 Å². The maximum absolute atomic E-state index is 10.3. The average molecular weight is 166 g/mol. The molecule has 0 fully saturated rings. The summed E-state index contributed by atoms with van der Waals surface area (Å²) in [4.78, 5) is 10.3. The highest BCUT2D eigenvalue weighted by molar-refractivity contribution is 5.49. The molecular weight excluding hydrogens is 148 g/mol. The highest BCUT2D eigenvalue weighted by Gasteiger charge is 2.18. The van der Waals surface area contributed by atoms with Crippen molar-refractivity contribution in [1.82, 2.24) is 0 Å². The highest BCUT2D eigenvalue weighted by Crippen LogP contribution is 2.30. The highest BCUT2D eigenvalue weighted by atomic mass is 16.1. The van der Waals surface area contributed by atoms with E-state index >= 15 is 0 Å². The topological polar surface area (TPSA) is 17.1 Å². The normalized spacial score (nSPS) is 26.2. The molecule has 0 spiro atoms. The van der Waals surface area contributed by atoms with Crippen LogP contribution in [0, 0.1) is 11.8 Å². The Balaban J connectivity index is 2.39. The molecule has 12 heavy (non-hydrogen) atoms. The van der Waals surface area contributed by atoms with Gasteiger partial charge in [0.25, 0.3) is 0 Å². The van der Waals surface area contributed by atoms with Crippen molar-refractivity contribution in [2.75, 3.05) is 0 Å². The van der Waals surface area contributed by atoms with Gasteiger partial charge in [0.15, 0.2) is 0 Å². The van der Waals surface area contributed by atoms with E-state index in [2.05, 4.69) is 19.9 Å². The Labute approximate surface area is 74.9 Å². The first-order chi connectivity index (χ1) is 5.74. The summed E-state index contributed by atoms with van der Waals surface area (Å²) in [6.45, 7) is 4.38. The lowest BCUT2D eigenvalue weighted by atomic mass is 9.81. The van der Waals surface area contributed by atoms with Gasteiger partial charge in [0, 0.05) is 6.42 Å². The van der Waals surface area contributed by atoms with Crippen LogP contribution in [0.15, 0.2) is 11.6 Å². The smallest absolute Gasteiger partial charge is 0.120 e. The van der Waals surface area contributed by atoms with Crippen LogP contribution >= 0.6 is 0 Å². The van der Waals surface area contributed by atoms with E-state index in [1.54, 1.807) is 0 Å². The molecule has 0 aromatic carbocycles. The summed E-state index contributed by atoms with van der Waals surface area (Å²) >= 11 is 0. The van der Waals surface area contributed by atoms with Gasteiger partial charge >= 0.3 is 0 Å². The van der Waals surface area contributed by atoms with Gasteiger partial charge in [-0.1, -0.05) is 18.6 Å². The van der Waals surface area contributed by atoms with Crippen LogP contribution in [-0.4, -0.2) is 6.29 Å². The van der Waals surface area contributed by atoms with E-state index in [1.807, 2.05) is 0 Å². The molecule has 1 nitrogen and oxygen atoms in total. The zero-order valence-electron chi connectivity index (χ0n) is 8.05. The zero-order valence-corrected chi connectivity index (χ0v) is 8.05. The van der Waals surface area contributed by atoms with E-state index in [4.69, 9.17) is 0 Å². The number of carbonyl (C=O) groups is 1. The fourth-order valence-electron chi connectivity index (χ4n) is 1.85. The molecule has 0 saturated carbocycles. The van der Waals surface area contributed by atoms with Gasteiger partial charge in [0.05, 0.1) is 0 Å². The lowest BCUT2D eigenvalue weighted by Crippen LogP contribution is -2.14. The van der Waals surface area contributed by atoms with Crippen LogP contribution in [0.3, 0.4) is 0 Å². The first-order valence-electron chi connectivity index (χ1n) is 4.83. The predicted molar refractivity (Wildman–Crippen MR) is 50.9 cm³/mol. The van der Waals surface area contributed by atoms with Gasteiger partial charge in [-0.15, -0.1) is 0 Å². The molecule has 0 aromatic heterocycles. The summed E-state index contributed by atoms with van der Waals surface area (Å²) in [6.07, 6.45) is 7.80. The Morgan fingerprint density at radius 1 is 1.75 bits per heavy atom. The molecule has 0 radical (unpaired) electrons. The summed E-state index contributed by atoms with van der Waals surface area (Å²) in [5.41, 5.74) is 1.52. The van der Waals surface area contributed by atoms with E-state index in [9.17, 15) is 4.79 Å². The first kappa shape index (κ1) is 9.50. The van der Waals surface area contributed by atoms with Crippen LogP contribution < -0.4 is 0 Å². The Kier molecular flexibility index (Phi) is 3.51. The van der Waals surface area contributed by atoms with E-state index < -0.39 is 0 Å². The molecule has 0 saturated heterocycles. The fourth-order valence-corrected chi connectivity index (χ4v) is 1.85. The predicted octanol–water partition coefficient (Wildman–Crippen LogP) is 2.96. The number of hydrogen-bond acceptors (Lipinski definition) is 1. The molecule has 1 aliphatic carbocycles. The second-order valence-electron chi connectivity index (χ2n) is 3.96. The molecule has 0 heterocycles. The van der Waals surface area contributed by atoms with Crippen molar-refractivity contribution in [3.63, 3.8) is 0 Å². The quantitative estimate of drug-likeness (QED) is 0.465. The molecule has 0 aliphatic heterocycles. The molecule has 68 valence electrons. The number of carbonyl (C=O) groups excluding carboxylic acids is 1. The zero-order chi connectivity index (χ0) is 8.97. The number of rotatable bonds is 3. The minimum absolute atomic E-state index is 0.576. The van der Waals surface area contributed by atoms with E-state index in [1.165, 1.54) is 24.8 Å². The van der Waals surface area contributed by atoms with Crippen LogP contribution in [-0.2, 0) is 4.79 Å². The van der Waals surface area contributed by atoms with Crippen molar-refractivity contribution in [3.8, 4) is 0 Å². The third-order valence-electron chi connectivity index (χ3n) is 2.95. The Hall–Kier alpha value is -0.590. The van der Waals surface area contributed by atoms with Crippen molar-refractivity contribution < 1.29 is 4.79 Å². The molecule has 2 atom stereocenters. The van der Waals surface area contributed by atoms with Crippen LogP contribution in [0.4, 0.5) is 0 Å². The van der Waals surface area contributed by atoms with Crippen LogP contribution in [0.5, 0.6) is 0 Å². The third-order valence-corrected chi connectivity index (χ3v) is 2.95. The van der Waals surface area contributed by atoms with Crippen molar-refractivity contribution in [1.29, 1.82) is 0 Å². The lowest BCUT2D eigenvalue weighted by molar-refractivity contribution is -0.108. The van der Waals surface area contributed by atoms with Gasteiger partial charge in [-0.3, -0.25) is 0 Å². The number of allylic oxidation sites excluding steroid dienone is 2. The monoisotopic (exact) mass is 166 g/mol. The standard InChI is InChI=1S/C11H18O/c1-9-3-5-11(6-4-9)10(2)7-8-12/h3,8,10-11H,4-7H2,1-2H3/t10-,11-/m1/s1. The minimum Gasteiger partial charge on any atom is -0.303 e. The summed E-state index contributed by atoms with van der Waals surface area (Å²) < 4.78 is 0.